The monoisotopic (exact) mass is 445 g/mol. The third-order valence-electron chi connectivity index (χ3n) is 5.43. The van der Waals surface area contributed by atoms with Crippen molar-refractivity contribution in [2.24, 2.45) is 0 Å². The summed E-state index contributed by atoms with van der Waals surface area (Å²) in [6.45, 7) is 7.09. The molecule has 1 aliphatic rings. The van der Waals surface area contributed by atoms with Crippen LogP contribution in [0.2, 0.25) is 0 Å². The van der Waals surface area contributed by atoms with Crippen LogP contribution in [-0.4, -0.2) is 39.9 Å². The van der Waals surface area contributed by atoms with E-state index in [9.17, 15) is 10.1 Å². The number of piperidine rings is 1. The fourth-order valence-electron chi connectivity index (χ4n) is 3.86. The van der Waals surface area contributed by atoms with Crippen molar-refractivity contribution >= 4 is 28.6 Å². The summed E-state index contributed by atoms with van der Waals surface area (Å²) in [5, 5.41) is 12.0. The maximum atomic E-state index is 12.4. The number of carbonyl (C=O) groups excluding carboxylic acids is 1. The standard InChI is InChI=1S/C26H27N3O2S/c1-26(2,3)31-25(30)29-11-8-22(9-12-29)32-24-15-21(14-20-7-10-28-17-23(20)24)19-6-4-5-18(13-19)16-27/h4-7,10,13-15,17,22H,8-9,11-12H2,1-3H3. The Labute approximate surface area is 193 Å². The van der Waals surface area contributed by atoms with Gasteiger partial charge in [-0.15, -0.1) is 11.8 Å². The molecule has 1 aromatic heterocycles. The molecule has 3 aromatic rings. The van der Waals surface area contributed by atoms with Crippen LogP contribution >= 0.6 is 11.8 Å². The predicted molar refractivity (Wildman–Crippen MR) is 129 cm³/mol. The average molecular weight is 446 g/mol. The molecule has 2 aromatic carbocycles. The van der Waals surface area contributed by atoms with Crippen molar-refractivity contribution in [2.45, 2.75) is 49.4 Å². The van der Waals surface area contributed by atoms with Gasteiger partial charge in [-0.25, -0.2) is 4.79 Å². The fourth-order valence-corrected chi connectivity index (χ4v) is 5.16. The lowest BCUT2D eigenvalue weighted by Crippen LogP contribution is -2.42. The summed E-state index contributed by atoms with van der Waals surface area (Å²) in [6.07, 6.45) is 5.34. The normalized spacial score (nSPS) is 14.9. The van der Waals surface area contributed by atoms with E-state index in [1.54, 1.807) is 0 Å². The van der Waals surface area contributed by atoms with E-state index in [0.29, 0.717) is 23.9 Å². The summed E-state index contributed by atoms with van der Waals surface area (Å²) < 4.78 is 5.52. The van der Waals surface area contributed by atoms with Crippen LogP contribution in [0.1, 0.15) is 39.2 Å². The number of pyridine rings is 1. The van der Waals surface area contributed by atoms with Crippen molar-refractivity contribution in [1.29, 1.82) is 5.26 Å². The van der Waals surface area contributed by atoms with Gasteiger partial charge in [0.1, 0.15) is 5.60 Å². The van der Waals surface area contributed by atoms with Gasteiger partial charge in [-0.05, 0) is 80.5 Å². The first kappa shape index (κ1) is 22.2. The van der Waals surface area contributed by atoms with Crippen LogP contribution in [0.25, 0.3) is 21.9 Å². The van der Waals surface area contributed by atoms with Crippen LogP contribution in [0.3, 0.4) is 0 Å². The molecule has 0 spiro atoms. The second-order valence-electron chi connectivity index (χ2n) is 9.05. The molecule has 0 aliphatic carbocycles. The number of nitrogens with zero attached hydrogens (tertiary/aromatic N) is 3. The van der Waals surface area contributed by atoms with Gasteiger partial charge in [0.2, 0.25) is 0 Å². The Bertz CT molecular complexity index is 1170. The minimum absolute atomic E-state index is 0.227. The van der Waals surface area contributed by atoms with E-state index in [1.165, 1.54) is 4.90 Å². The number of nitriles is 1. The van der Waals surface area contributed by atoms with Gasteiger partial charge in [0, 0.05) is 41.0 Å². The number of ether oxygens (including phenoxy) is 1. The molecular formula is C26H27N3O2S. The van der Waals surface area contributed by atoms with Crippen molar-refractivity contribution in [3.8, 4) is 17.2 Å². The number of aromatic nitrogens is 1. The topological polar surface area (TPSA) is 66.2 Å². The average Bonchev–Trinajstić information content (AvgIpc) is 2.78. The van der Waals surface area contributed by atoms with E-state index in [4.69, 9.17) is 4.74 Å². The van der Waals surface area contributed by atoms with E-state index in [-0.39, 0.29) is 6.09 Å². The number of fused-ring (bicyclic) bond motifs is 1. The van der Waals surface area contributed by atoms with E-state index in [2.05, 4.69) is 23.2 Å². The molecule has 4 rings (SSSR count). The predicted octanol–water partition coefficient (Wildman–Crippen LogP) is 6.27. The molecule has 2 heterocycles. The van der Waals surface area contributed by atoms with Crippen molar-refractivity contribution in [1.82, 2.24) is 9.88 Å². The lowest BCUT2D eigenvalue weighted by molar-refractivity contribution is 0.0219. The summed E-state index contributed by atoms with van der Waals surface area (Å²) >= 11 is 1.86. The number of amides is 1. The summed E-state index contributed by atoms with van der Waals surface area (Å²) in [6, 6.07) is 16.3. The molecule has 1 amide bonds. The van der Waals surface area contributed by atoms with Crippen molar-refractivity contribution in [2.75, 3.05) is 13.1 Å². The molecule has 0 radical (unpaired) electrons. The minimum atomic E-state index is -0.474. The van der Waals surface area contributed by atoms with Gasteiger partial charge >= 0.3 is 6.09 Å². The first-order valence-corrected chi connectivity index (χ1v) is 11.7. The Hall–Kier alpha value is -3.04. The first-order valence-electron chi connectivity index (χ1n) is 10.9. The number of thioether (sulfide) groups is 1. The Balaban J connectivity index is 1.54. The molecule has 164 valence electrons. The van der Waals surface area contributed by atoms with Gasteiger partial charge in [-0.3, -0.25) is 4.98 Å². The van der Waals surface area contributed by atoms with Gasteiger partial charge in [0.15, 0.2) is 0 Å². The Kier molecular flexibility index (Phi) is 6.38. The largest absolute Gasteiger partial charge is 0.444 e. The molecule has 1 fully saturated rings. The van der Waals surface area contributed by atoms with E-state index in [0.717, 1.165) is 34.7 Å². The molecule has 0 bridgehead atoms. The van der Waals surface area contributed by atoms with Crippen LogP contribution < -0.4 is 0 Å². The van der Waals surface area contributed by atoms with Crippen LogP contribution in [0.5, 0.6) is 0 Å². The lowest BCUT2D eigenvalue weighted by Gasteiger charge is -2.33. The van der Waals surface area contributed by atoms with Gasteiger partial charge in [-0.1, -0.05) is 12.1 Å². The number of rotatable bonds is 3. The Morgan fingerprint density at radius 1 is 1.16 bits per heavy atom. The molecule has 6 heteroatoms. The number of carbonyl (C=O) groups is 1. The number of hydrogen-bond acceptors (Lipinski definition) is 5. The fraction of sp³-hybridized carbons (Fsp3) is 0.346. The van der Waals surface area contributed by atoms with E-state index in [1.807, 2.05) is 80.2 Å². The SMILES string of the molecule is CC(C)(C)OC(=O)N1CCC(Sc2cc(-c3cccc(C#N)c3)cc3ccncc23)CC1. The molecule has 0 unspecified atom stereocenters. The minimum Gasteiger partial charge on any atom is -0.444 e. The molecule has 1 aliphatic heterocycles. The number of hydrogen-bond donors (Lipinski definition) is 0. The molecule has 0 saturated carbocycles. The number of benzene rings is 2. The smallest absolute Gasteiger partial charge is 0.410 e. The van der Waals surface area contributed by atoms with Gasteiger partial charge < -0.3 is 9.64 Å². The van der Waals surface area contributed by atoms with E-state index >= 15 is 0 Å². The summed E-state index contributed by atoms with van der Waals surface area (Å²) in [5.74, 6) is 0. The van der Waals surface area contributed by atoms with Crippen molar-refractivity contribution in [3.05, 3.63) is 60.4 Å². The summed E-state index contributed by atoms with van der Waals surface area (Å²) in [5.41, 5.74) is 2.30. The number of likely N-dealkylation sites (tertiary alicyclic amines) is 1. The van der Waals surface area contributed by atoms with Gasteiger partial charge in [0.05, 0.1) is 11.6 Å². The van der Waals surface area contributed by atoms with Crippen molar-refractivity contribution < 1.29 is 9.53 Å². The molecular weight excluding hydrogens is 418 g/mol. The summed E-state index contributed by atoms with van der Waals surface area (Å²) in [7, 11) is 0. The highest BCUT2D eigenvalue weighted by Crippen LogP contribution is 2.38. The van der Waals surface area contributed by atoms with Crippen molar-refractivity contribution in [3.63, 3.8) is 0 Å². The Morgan fingerprint density at radius 3 is 2.66 bits per heavy atom. The Morgan fingerprint density at radius 2 is 1.94 bits per heavy atom. The lowest BCUT2D eigenvalue weighted by atomic mass is 10.0. The first-order chi connectivity index (χ1) is 15.3. The molecule has 32 heavy (non-hydrogen) atoms. The molecule has 1 saturated heterocycles. The third kappa shape index (κ3) is 5.23. The van der Waals surface area contributed by atoms with Crippen LogP contribution in [0.15, 0.2) is 59.8 Å². The van der Waals surface area contributed by atoms with Gasteiger partial charge in [-0.2, -0.15) is 5.26 Å². The molecule has 0 atom stereocenters. The second-order valence-corrected chi connectivity index (χ2v) is 10.4. The third-order valence-corrected chi connectivity index (χ3v) is 6.83. The molecule has 5 nitrogen and oxygen atoms in total. The molecule has 0 N–H and O–H groups in total. The van der Waals surface area contributed by atoms with Gasteiger partial charge in [0.25, 0.3) is 0 Å². The van der Waals surface area contributed by atoms with E-state index < -0.39 is 5.60 Å². The quantitative estimate of drug-likeness (QED) is 0.476. The highest BCUT2D eigenvalue weighted by atomic mass is 32.2. The summed E-state index contributed by atoms with van der Waals surface area (Å²) in [4.78, 5) is 19.7. The maximum absolute atomic E-state index is 12.4. The highest BCUT2D eigenvalue weighted by molar-refractivity contribution is 8.00. The van der Waals surface area contributed by atoms with Crippen LogP contribution in [-0.2, 0) is 4.74 Å². The zero-order valence-corrected chi connectivity index (χ0v) is 19.5. The zero-order valence-electron chi connectivity index (χ0n) is 18.7. The second kappa shape index (κ2) is 9.22. The zero-order chi connectivity index (χ0) is 22.7. The van der Waals surface area contributed by atoms with Crippen LogP contribution in [0, 0.1) is 11.3 Å². The highest BCUT2D eigenvalue weighted by Gasteiger charge is 2.27. The maximum Gasteiger partial charge on any atom is 0.410 e. The van der Waals surface area contributed by atoms with Crippen LogP contribution in [0.4, 0.5) is 4.79 Å².